The van der Waals surface area contributed by atoms with Crippen molar-refractivity contribution in [2.75, 3.05) is 30.0 Å². The molecule has 0 saturated carbocycles. The Kier molecular flexibility index (Phi) is 6.87. The second kappa shape index (κ2) is 10.2. The van der Waals surface area contributed by atoms with E-state index in [-0.39, 0.29) is 18.4 Å². The van der Waals surface area contributed by atoms with Crippen LogP contribution in [0.4, 0.5) is 11.4 Å². The molecule has 2 heterocycles. The summed E-state index contributed by atoms with van der Waals surface area (Å²) in [7, 11) is 0. The maximum atomic E-state index is 12.5. The first-order chi connectivity index (χ1) is 15.6. The van der Waals surface area contributed by atoms with Crippen molar-refractivity contribution >= 4 is 34.8 Å². The van der Waals surface area contributed by atoms with Gasteiger partial charge in [-0.05, 0) is 67.4 Å². The van der Waals surface area contributed by atoms with E-state index in [1.165, 1.54) is 6.20 Å². The van der Waals surface area contributed by atoms with Gasteiger partial charge in [0.15, 0.2) is 6.61 Å². The van der Waals surface area contributed by atoms with Gasteiger partial charge in [0.05, 0.1) is 17.9 Å². The number of amides is 2. The smallest absolute Gasteiger partial charge is 0.265 e. The highest BCUT2D eigenvalue weighted by Gasteiger charge is 2.25. The zero-order valence-electron chi connectivity index (χ0n) is 17.3. The van der Waals surface area contributed by atoms with Crippen molar-refractivity contribution in [1.29, 1.82) is 0 Å². The fraction of sp³-hybridized carbons (Fsp3) is 0.208. The molecule has 7 nitrogen and oxygen atoms in total. The van der Waals surface area contributed by atoms with Crippen LogP contribution in [0.3, 0.4) is 0 Å². The van der Waals surface area contributed by atoms with Crippen LogP contribution < -0.4 is 19.7 Å². The highest BCUT2D eigenvalue weighted by atomic mass is 35.5. The zero-order valence-corrected chi connectivity index (χ0v) is 18.0. The molecule has 0 fully saturated rings. The largest absolute Gasteiger partial charge is 0.494 e. The molecule has 1 aliphatic rings. The molecule has 0 radical (unpaired) electrons. The number of nitrogens with one attached hydrogen (secondary N) is 1. The fourth-order valence-electron chi connectivity index (χ4n) is 3.32. The Balaban J connectivity index is 1.36. The predicted octanol–water partition coefficient (Wildman–Crippen LogP) is 4.57. The third-order valence-electron chi connectivity index (χ3n) is 4.94. The lowest BCUT2D eigenvalue weighted by atomic mass is 10.1. The second-order valence-electron chi connectivity index (χ2n) is 7.22. The molecule has 0 aliphatic carbocycles. The summed E-state index contributed by atoms with van der Waals surface area (Å²) >= 11 is 5.88. The summed E-state index contributed by atoms with van der Waals surface area (Å²) in [5, 5.41) is 3.51. The van der Waals surface area contributed by atoms with E-state index in [9.17, 15) is 9.59 Å². The molecule has 3 aromatic rings. The number of hydrogen-bond donors (Lipinski definition) is 1. The average molecular weight is 452 g/mol. The van der Waals surface area contributed by atoms with Crippen molar-refractivity contribution in [3.05, 3.63) is 77.6 Å². The van der Waals surface area contributed by atoms with Crippen LogP contribution in [0.2, 0.25) is 5.02 Å². The first-order valence-corrected chi connectivity index (χ1v) is 10.6. The SMILES string of the molecule is O=C(Nc1ccc2c(c1)N(CCCCOc1ccc(Cl)cc1)C(=O)CO2)c1cccnc1. The minimum absolute atomic E-state index is 0.00430. The number of nitrogens with zero attached hydrogens (tertiary/aromatic N) is 2. The van der Waals surface area contributed by atoms with Crippen molar-refractivity contribution < 1.29 is 19.1 Å². The zero-order chi connectivity index (χ0) is 22.3. The minimum atomic E-state index is -0.271. The number of carbonyl (C=O) groups is 2. The first kappa shape index (κ1) is 21.6. The van der Waals surface area contributed by atoms with E-state index in [0.29, 0.717) is 40.9 Å². The molecular formula is C24H22ClN3O4. The van der Waals surface area contributed by atoms with Crippen LogP contribution in [-0.4, -0.2) is 36.6 Å². The van der Waals surface area contributed by atoms with Gasteiger partial charge in [-0.25, -0.2) is 0 Å². The number of unbranched alkanes of at least 4 members (excludes halogenated alkanes) is 1. The highest BCUT2D eigenvalue weighted by Crippen LogP contribution is 2.35. The molecule has 164 valence electrons. The molecule has 32 heavy (non-hydrogen) atoms. The van der Waals surface area contributed by atoms with Gasteiger partial charge in [0.25, 0.3) is 11.8 Å². The van der Waals surface area contributed by atoms with Crippen molar-refractivity contribution in [2.24, 2.45) is 0 Å². The Morgan fingerprint density at radius 1 is 1.16 bits per heavy atom. The average Bonchev–Trinajstić information content (AvgIpc) is 2.82. The molecule has 1 aliphatic heterocycles. The molecule has 8 heteroatoms. The van der Waals surface area contributed by atoms with E-state index in [1.807, 2.05) is 12.1 Å². The van der Waals surface area contributed by atoms with Gasteiger partial charge in [0.1, 0.15) is 11.5 Å². The molecule has 1 N–H and O–H groups in total. The van der Waals surface area contributed by atoms with Gasteiger partial charge in [-0.15, -0.1) is 0 Å². The van der Waals surface area contributed by atoms with Crippen LogP contribution in [0.25, 0.3) is 0 Å². The number of hydrogen-bond acceptors (Lipinski definition) is 5. The van der Waals surface area contributed by atoms with Gasteiger partial charge in [-0.2, -0.15) is 0 Å². The van der Waals surface area contributed by atoms with Crippen LogP contribution in [0.5, 0.6) is 11.5 Å². The third-order valence-corrected chi connectivity index (χ3v) is 5.19. The van der Waals surface area contributed by atoms with Crippen LogP contribution in [0.15, 0.2) is 67.0 Å². The van der Waals surface area contributed by atoms with Crippen molar-refractivity contribution in [3.63, 3.8) is 0 Å². The van der Waals surface area contributed by atoms with Gasteiger partial charge in [0, 0.05) is 29.6 Å². The maximum absolute atomic E-state index is 12.5. The van der Waals surface area contributed by atoms with Crippen LogP contribution in [-0.2, 0) is 4.79 Å². The van der Waals surface area contributed by atoms with E-state index in [4.69, 9.17) is 21.1 Å². The van der Waals surface area contributed by atoms with E-state index < -0.39 is 0 Å². The highest BCUT2D eigenvalue weighted by molar-refractivity contribution is 6.30. The maximum Gasteiger partial charge on any atom is 0.265 e. The summed E-state index contributed by atoms with van der Waals surface area (Å²) in [6, 6.07) is 15.9. The first-order valence-electron chi connectivity index (χ1n) is 10.3. The van der Waals surface area contributed by atoms with Crippen LogP contribution >= 0.6 is 11.6 Å². The summed E-state index contributed by atoms with van der Waals surface area (Å²) < 4.78 is 11.3. The predicted molar refractivity (Wildman–Crippen MR) is 123 cm³/mol. The molecule has 0 atom stereocenters. The van der Waals surface area contributed by atoms with E-state index >= 15 is 0 Å². The van der Waals surface area contributed by atoms with Gasteiger partial charge in [-0.3, -0.25) is 14.6 Å². The Hall–Kier alpha value is -3.58. The lowest BCUT2D eigenvalue weighted by molar-refractivity contribution is -0.121. The minimum Gasteiger partial charge on any atom is -0.494 e. The molecule has 4 rings (SSSR count). The summed E-state index contributed by atoms with van der Waals surface area (Å²) in [6.07, 6.45) is 4.64. The molecule has 1 aromatic heterocycles. The summed E-state index contributed by atoms with van der Waals surface area (Å²) in [5.74, 6) is 0.983. The normalized spacial score (nSPS) is 12.7. The van der Waals surface area contributed by atoms with Gasteiger partial charge in [-0.1, -0.05) is 11.6 Å². The van der Waals surface area contributed by atoms with Gasteiger partial charge >= 0.3 is 0 Å². The van der Waals surface area contributed by atoms with Crippen LogP contribution in [0.1, 0.15) is 23.2 Å². The molecule has 2 amide bonds. The third kappa shape index (κ3) is 5.36. The Morgan fingerprint density at radius 3 is 2.78 bits per heavy atom. The number of benzene rings is 2. The Labute approximate surface area is 190 Å². The molecule has 0 unspecified atom stereocenters. The summed E-state index contributed by atoms with van der Waals surface area (Å²) in [6.45, 7) is 1.06. The van der Waals surface area contributed by atoms with E-state index in [0.717, 1.165) is 18.6 Å². The summed E-state index contributed by atoms with van der Waals surface area (Å²) in [5.41, 5.74) is 1.67. The molecule has 0 bridgehead atoms. The number of halogens is 1. The number of fused-ring (bicyclic) bond motifs is 1. The number of rotatable bonds is 8. The van der Waals surface area contributed by atoms with Gasteiger partial charge < -0.3 is 19.7 Å². The topological polar surface area (TPSA) is 80.8 Å². The number of carbonyl (C=O) groups excluding carboxylic acids is 2. The Morgan fingerprint density at radius 2 is 2.00 bits per heavy atom. The molecule has 0 saturated heterocycles. The second-order valence-corrected chi connectivity index (χ2v) is 7.66. The molecular weight excluding hydrogens is 430 g/mol. The summed E-state index contributed by atoms with van der Waals surface area (Å²) in [4.78, 5) is 30.6. The lowest BCUT2D eigenvalue weighted by Gasteiger charge is -2.30. The van der Waals surface area contributed by atoms with Gasteiger partial charge in [0.2, 0.25) is 0 Å². The standard InChI is InChI=1S/C24H22ClN3O4/c25-18-5-8-20(9-6-18)31-13-2-1-12-28-21-14-19(7-10-22(21)32-16-23(28)29)27-24(30)17-4-3-11-26-15-17/h3-11,14-15H,1-2,12-13,16H2,(H,27,30). The number of pyridine rings is 1. The molecule has 2 aromatic carbocycles. The fourth-order valence-corrected chi connectivity index (χ4v) is 3.44. The number of ether oxygens (including phenoxy) is 2. The van der Waals surface area contributed by atoms with Crippen molar-refractivity contribution in [3.8, 4) is 11.5 Å². The lowest BCUT2D eigenvalue weighted by Crippen LogP contribution is -2.39. The van der Waals surface area contributed by atoms with E-state index in [2.05, 4.69) is 10.3 Å². The van der Waals surface area contributed by atoms with Crippen molar-refractivity contribution in [1.82, 2.24) is 4.98 Å². The van der Waals surface area contributed by atoms with E-state index in [1.54, 1.807) is 53.6 Å². The van der Waals surface area contributed by atoms with Crippen molar-refractivity contribution in [2.45, 2.75) is 12.8 Å². The molecule has 0 spiro atoms. The monoisotopic (exact) mass is 451 g/mol. The quantitative estimate of drug-likeness (QED) is 0.507. The van der Waals surface area contributed by atoms with Crippen LogP contribution in [0, 0.1) is 0 Å². The number of aromatic nitrogens is 1. The Bertz CT molecular complexity index is 1090. The number of anilines is 2.